The first-order valence-electron chi connectivity index (χ1n) is 19.8. The number of unbranched alkanes of at least 4 members (excludes halogenated alkanes) is 2. The van der Waals surface area contributed by atoms with Crippen LogP contribution in [0.4, 0.5) is 5.82 Å². The third kappa shape index (κ3) is 8.20. The molecule has 7 rings (SSSR count). The van der Waals surface area contributed by atoms with Gasteiger partial charge in [0.1, 0.15) is 40.4 Å². The van der Waals surface area contributed by atoms with Crippen LogP contribution in [0.15, 0.2) is 59.6 Å². The Kier molecular flexibility index (Phi) is 11.7. The lowest BCUT2D eigenvalue weighted by atomic mass is 9.49. The summed E-state index contributed by atoms with van der Waals surface area (Å²) in [6.07, 6.45) is 3.94. The zero-order valence-corrected chi connectivity index (χ0v) is 35.1. The molecule has 1 unspecified atom stereocenters. The molecule has 312 valence electrons. The van der Waals surface area contributed by atoms with E-state index in [2.05, 4.69) is 59.2 Å². The van der Waals surface area contributed by atoms with E-state index in [1.807, 2.05) is 12.1 Å². The number of benzene rings is 2. The molecule has 59 heavy (non-hydrogen) atoms. The second-order valence-electron chi connectivity index (χ2n) is 16.7. The quantitative estimate of drug-likeness (QED) is 0.181. The Morgan fingerprint density at radius 1 is 0.983 bits per heavy atom. The third-order valence-corrected chi connectivity index (χ3v) is 14.1. The lowest BCUT2D eigenvalue weighted by Gasteiger charge is -2.63. The van der Waals surface area contributed by atoms with Gasteiger partial charge in [-0.05, 0) is 68.6 Å². The van der Waals surface area contributed by atoms with Crippen LogP contribution in [0.3, 0.4) is 0 Å². The lowest BCUT2D eigenvalue weighted by molar-refractivity contribution is -0.164. The van der Waals surface area contributed by atoms with E-state index in [-0.39, 0.29) is 52.2 Å². The maximum atomic E-state index is 13.4. The molecule has 17 heteroatoms. The lowest BCUT2D eigenvalue weighted by Crippen LogP contribution is -2.74. The molecule has 3 aliphatic heterocycles. The predicted molar refractivity (Wildman–Crippen MR) is 218 cm³/mol. The molecular weight excluding hydrogens is 798 g/mol. The molecule has 4 amide bonds. The molecule has 3 aromatic rings. The number of carbonyl (C=O) groups is 4. The van der Waals surface area contributed by atoms with Gasteiger partial charge in [-0.3, -0.25) is 29.4 Å². The Labute approximate surface area is 349 Å². The van der Waals surface area contributed by atoms with Crippen molar-refractivity contribution in [2.24, 2.45) is 10.8 Å². The fourth-order valence-electron chi connectivity index (χ4n) is 9.05. The molecule has 1 aliphatic carbocycles. The Hall–Kier alpha value is -5.24. The molecule has 2 N–H and O–H groups in total. The summed E-state index contributed by atoms with van der Waals surface area (Å²) < 4.78 is 39.3. The molecule has 4 heterocycles. The van der Waals surface area contributed by atoms with Crippen molar-refractivity contribution in [1.82, 2.24) is 24.8 Å². The summed E-state index contributed by atoms with van der Waals surface area (Å²) in [6, 6.07) is 13.6. The van der Waals surface area contributed by atoms with Gasteiger partial charge >= 0.3 is 0 Å². The average molecular weight is 846 g/mol. The smallest absolute Gasteiger partial charge is 0.269 e. The Morgan fingerprint density at radius 2 is 1.71 bits per heavy atom. The molecule has 2 saturated heterocycles. The SMILES string of the molecule is CC1(C)C(NC(=O)c2ccc(N3CCN(CCCCCOc4ccc5c(c4)S(=O)(=O)N(C4CCC(=O)NC4=O)C5=O)CC3)nc2)C(C)(C)C1Oc1ccc(C#N)c(Cl)c1. The number of amides is 4. The van der Waals surface area contributed by atoms with E-state index in [9.17, 15) is 32.9 Å². The van der Waals surface area contributed by atoms with Crippen LogP contribution in [-0.2, 0) is 19.6 Å². The van der Waals surface area contributed by atoms with E-state index in [0.29, 0.717) is 38.6 Å². The normalized spacial score (nSPS) is 23.1. The minimum Gasteiger partial charge on any atom is -0.494 e. The van der Waals surface area contributed by atoms with Crippen molar-refractivity contribution in [2.45, 2.75) is 82.9 Å². The van der Waals surface area contributed by atoms with E-state index in [4.69, 9.17) is 21.1 Å². The van der Waals surface area contributed by atoms with Crippen molar-refractivity contribution >= 4 is 51.1 Å². The highest BCUT2D eigenvalue weighted by molar-refractivity contribution is 7.90. The van der Waals surface area contributed by atoms with Gasteiger partial charge in [0.15, 0.2) is 0 Å². The number of rotatable bonds is 13. The average Bonchev–Trinajstić information content (AvgIpc) is 3.40. The maximum Gasteiger partial charge on any atom is 0.269 e. The standard InChI is InChI=1S/C42H48ClN7O8S/c1-41(2)39(42(3,4)40(41)58-29-10-8-26(24-44)31(43)22-29)47-36(52)27-9-14-34(45-25-27)49-19-17-48(18-20-49)16-6-5-7-21-57-28-11-12-30-33(23-28)59(55,56)50(38(30)54)32-13-15-35(51)46-37(32)53/h8-12,14,22-23,25,32,39-40H,5-7,13,15-21H2,1-4H3,(H,47,52)(H,46,51,53). The Bertz CT molecular complexity index is 2290. The van der Waals surface area contributed by atoms with E-state index < -0.39 is 33.8 Å². The number of halogens is 1. The van der Waals surface area contributed by atoms with Crippen molar-refractivity contribution in [3.05, 3.63) is 76.4 Å². The number of aromatic nitrogens is 1. The highest BCUT2D eigenvalue weighted by atomic mass is 35.5. The summed E-state index contributed by atoms with van der Waals surface area (Å²) in [5.41, 5.74) is 0.0832. The van der Waals surface area contributed by atoms with Gasteiger partial charge in [0.2, 0.25) is 5.91 Å². The number of sulfonamides is 1. The minimum atomic E-state index is -4.28. The van der Waals surface area contributed by atoms with E-state index in [1.54, 1.807) is 30.5 Å². The third-order valence-electron chi connectivity index (χ3n) is 11.9. The molecular formula is C42H48ClN7O8S. The van der Waals surface area contributed by atoms with Gasteiger partial charge in [-0.1, -0.05) is 39.3 Å². The first-order chi connectivity index (χ1) is 28.0. The molecule has 0 bridgehead atoms. The number of anilines is 1. The summed E-state index contributed by atoms with van der Waals surface area (Å²) in [6.45, 7) is 12.9. The number of nitrogens with zero attached hydrogens (tertiary/aromatic N) is 5. The fourth-order valence-corrected chi connectivity index (χ4v) is 11.0. The number of carbonyl (C=O) groups excluding carboxylic acids is 4. The molecule has 1 atom stereocenters. The number of piperidine rings is 1. The second-order valence-corrected chi connectivity index (χ2v) is 18.9. The van der Waals surface area contributed by atoms with Crippen molar-refractivity contribution in [3.8, 4) is 17.6 Å². The van der Waals surface area contributed by atoms with Gasteiger partial charge in [0, 0.05) is 67.8 Å². The molecule has 4 aliphatic rings. The summed E-state index contributed by atoms with van der Waals surface area (Å²) in [5.74, 6) is -0.559. The number of ether oxygens (including phenoxy) is 2. The summed E-state index contributed by atoms with van der Waals surface area (Å²) >= 11 is 6.23. The van der Waals surface area contributed by atoms with Crippen molar-refractivity contribution < 1.29 is 37.1 Å². The van der Waals surface area contributed by atoms with Crippen LogP contribution in [-0.4, -0.2) is 104 Å². The summed E-state index contributed by atoms with van der Waals surface area (Å²) in [4.78, 5) is 59.3. The van der Waals surface area contributed by atoms with Gasteiger partial charge in [0.25, 0.3) is 27.7 Å². The molecule has 2 aromatic carbocycles. The van der Waals surface area contributed by atoms with Crippen LogP contribution < -0.4 is 25.0 Å². The minimum absolute atomic E-state index is 0.0225. The summed E-state index contributed by atoms with van der Waals surface area (Å²) in [5, 5.41) is 14.9. The molecule has 1 aromatic heterocycles. The van der Waals surface area contributed by atoms with E-state index >= 15 is 0 Å². The second kappa shape index (κ2) is 16.4. The highest BCUT2D eigenvalue weighted by Crippen LogP contribution is 2.55. The van der Waals surface area contributed by atoms with Crippen LogP contribution in [0.2, 0.25) is 5.02 Å². The van der Waals surface area contributed by atoms with Crippen LogP contribution in [0.5, 0.6) is 11.5 Å². The number of nitriles is 1. The Morgan fingerprint density at radius 3 is 2.37 bits per heavy atom. The van der Waals surface area contributed by atoms with Gasteiger partial charge in [-0.25, -0.2) is 17.7 Å². The van der Waals surface area contributed by atoms with Gasteiger partial charge in [-0.15, -0.1) is 0 Å². The molecule has 1 saturated carbocycles. The monoisotopic (exact) mass is 845 g/mol. The number of piperazine rings is 1. The van der Waals surface area contributed by atoms with Crippen molar-refractivity contribution in [3.63, 3.8) is 0 Å². The highest BCUT2D eigenvalue weighted by Gasteiger charge is 2.64. The predicted octanol–water partition coefficient (Wildman–Crippen LogP) is 4.54. The number of hydrogen-bond acceptors (Lipinski definition) is 12. The molecule has 3 fully saturated rings. The summed E-state index contributed by atoms with van der Waals surface area (Å²) in [7, 11) is -4.28. The maximum absolute atomic E-state index is 13.4. The zero-order chi connectivity index (χ0) is 42.3. The zero-order valence-electron chi connectivity index (χ0n) is 33.5. The topological polar surface area (TPSA) is 191 Å². The molecule has 15 nitrogen and oxygen atoms in total. The number of nitrogens with one attached hydrogen (secondary N) is 2. The van der Waals surface area contributed by atoms with E-state index in [1.165, 1.54) is 12.1 Å². The first-order valence-corrected chi connectivity index (χ1v) is 21.6. The van der Waals surface area contributed by atoms with Crippen LogP contribution in [0.1, 0.15) is 86.1 Å². The molecule has 0 radical (unpaired) electrons. The largest absolute Gasteiger partial charge is 0.494 e. The fraction of sp³-hybridized carbons (Fsp3) is 0.476. The van der Waals surface area contributed by atoms with Crippen molar-refractivity contribution in [1.29, 1.82) is 5.26 Å². The number of imide groups is 1. The number of hydrogen-bond donors (Lipinski definition) is 2. The first kappa shape index (κ1) is 41.9. The van der Waals surface area contributed by atoms with Crippen molar-refractivity contribution in [2.75, 3.05) is 44.2 Å². The van der Waals surface area contributed by atoms with Gasteiger partial charge in [0.05, 0.1) is 28.3 Å². The van der Waals surface area contributed by atoms with Crippen LogP contribution in [0, 0.1) is 22.2 Å². The Balaban J connectivity index is 0.816. The van der Waals surface area contributed by atoms with Gasteiger partial charge in [-0.2, -0.15) is 5.26 Å². The number of fused-ring (bicyclic) bond motifs is 1. The van der Waals surface area contributed by atoms with Crippen LogP contribution >= 0.6 is 11.6 Å². The van der Waals surface area contributed by atoms with E-state index in [0.717, 1.165) is 57.8 Å². The number of pyridine rings is 1. The molecule has 0 spiro atoms. The van der Waals surface area contributed by atoms with Gasteiger partial charge < -0.3 is 19.7 Å². The van der Waals surface area contributed by atoms with Crippen LogP contribution in [0.25, 0.3) is 0 Å².